The first-order valence-electron chi connectivity index (χ1n) is 21.1. The van der Waals surface area contributed by atoms with Crippen LogP contribution in [-0.4, -0.2) is 24.8 Å². The minimum Gasteiger partial charge on any atom is -0.326 e. The van der Waals surface area contributed by atoms with E-state index in [1.807, 2.05) is 0 Å². The lowest BCUT2D eigenvalue weighted by Crippen LogP contribution is -2.14. The Labute approximate surface area is 313 Å². The first-order chi connectivity index (χ1) is 24.7. The van der Waals surface area contributed by atoms with Gasteiger partial charge in [-0.3, -0.25) is 14.1 Å². The van der Waals surface area contributed by atoms with Gasteiger partial charge >= 0.3 is 10.4 Å². The first kappa shape index (κ1) is 47.1. The standard InChI is InChI=1S/C42H76N2O6S/c1-3-5-7-9-11-13-15-17-19-21-23-25-27-29-31-33-42(46)44-40-35-38(37-50-51(47,48)49)34-39(36-40)43-41(45)32-30-28-26-24-22-20-18-16-14-12-10-8-6-4-2/h34-36H,3-33,37H2,1-2H3,(H,43,45)(H,44,46)(H,47,48,49). The lowest BCUT2D eigenvalue weighted by molar-refractivity contribution is -0.117. The second-order valence-electron chi connectivity index (χ2n) is 14.8. The van der Waals surface area contributed by atoms with Gasteiger partial charge in [0.05, 0.1) is 6.61 Å². The molecule has 0 bridgehead atoms. The fourth-order valence-corrected chi connectivity index (χ4v) is 6.93. The molecule has 51 heavy (non-hydrogen) atoms. The third-order valence-corrected chi connectivity index (χ3v) is 10.1. The number of carbonyl (C=O) groups excluding carboxylic acids is 2. The highest BCUT2D eigenvalue weighted by molar-refractivity contribution is 7.80. The summed E-state index contributed by atoms with van der Waals surface area (Å²) in [5.74, 6) is -0.255. The van der Waals surface area contributed by atoms with Crippen LogP contribution in [0, 0.1) is 0 Å². The van der Waals surface area contributed by atoms with Crippen LogP contribution < -0.4 is 10.6 Å². The molecule has 2 amide bonds. The van der Waals surface area contributed by atoms with E-state index in [4.69, 9.17) is 4.55 Å². The Bertz CT molecular complexity index is 1110. The van der Waals surface area contributed by atoms with Crippen molar-refractivity contribution in [1.29, 1.82) is 0 Å². The summed E-state index contributed by atoms with van der Waals surface area (Å²) in [5.41, 5.74) is 1.30. The summed E-state index contributed by atoms with van der Waals surface area (Å²) in [4.78, 5) is 25.4. The highest BCUT2D eigenvalue weighted by atomic mass is 32.3. The Hall–Kier alpha value is -1.97. The van der Waals surface area contributed by atoms with E-state index < -0.39 is 17.0 Å². The number of carbonyl (C=O) groups is 2. The van der Waals surface area contributed by atoms with Crippen LogP contribution in [0.1, 0.15) is 218 Å². The van der Waals surface area contributed by atoms with Gasteiger partial charge < -0.3 is 10.6 Å². The average molecular weight is 737 g/mol. The SMILES string of the molecule is CCCCCCCCCCCCCCCCCC(=O)Nc1cc(COS(=O)(=O)O)cc(NC(=O)CCCCCCCCCCCCCCCC)c1. The van der Waals surface area contributed by atoms with Crippen LogP contribution in [0.3, 0.4) is 0 Å². The molecule has 0 radical (unpaired) electrons. The topological polar surface area (TPSA) is 122 Å². The molecule has 0 unspecified atom stereocenters. The Kier molecular flexibility index (Phi) is 30.1. The fraction of sp³-hybridized carbons (Fsp3) is 0.810. The zero-order chi connectivity index (χ0) is 37.3. The number of amides is 2. The van der Waals surface area contributed by atoms with E-state index in [2.05, 4.69) is 28.7 Å². The number of hydrogen-bond donors (Lipinski definition) is 3. The van der Waals surface area contributed by atoms with Crippen LogP contribution in [0.4, 0.5) is 11.4 Å². The van der Waals surface area contributed by atoms with E-state index in [1.54, 1.807) is 18.2 Å². The highest BCUT2D eigenvalue weighted by Crippen LogP contribution is 2.22. The van der Waals surface area contributed by atoms with Crippen molar-refractivity contribution in [3.63, 3.8) is 0 Å². The summed E-state index contributed by atoms with van der Waals surface area (Å²) < 4.78 is 35.9. The van der Waals surface area contributed by atoms with Crippen molar-refractivity contribution in [3.8, 4) is 0 Å². The molecule has 1 rings (SSSR count). The number of nitrogens with one attached hydrogen (secondary N) is 2. The van der Waals surface area contributed by atoms with Crippen molar-refractivity contribution in [2.75, 3.05) is 10.6 Å². The quantitative estimate of drug-likeness (QED) is 0.0466. The molecule has 0 saturated heterocycles. The molecule has 1 aromatic rings. The van der Waals surface area contributed by atoms with Gasteiger partial charge in [0, 0.05) is 24.2 Å². The van der Waals surface area contributed by atoms with Crippen LogP contribution in [0.5, 0.6) is 0 Å². The van der Waals surface area contributed by atoms with E-state index >= 15 is 0 Å². The van der Waals surface area contributed by atoms with Gasteiger partial charge in [0.25, 0.3) is 0 Å². The lowest BCUT2D eigenvalue weighted by atomic mass is 10.0. The third-order valence-electron chi connectivity index (χ3n) is 9.70. The summed E-state index contributed by atoms with van der Waals surface area (Å²) in [6.07, 6.45) is 37.3. The summed E-state index contributed by atoms with van der Waals surface area (Å²) in [6, 6.07) is 4.86. The number of hydrogen-bond acceptors (Lipinski definition) is 5. The van der Waals surface area contributed by atoms with Gasteiger partial charge in [0.1, 0.15) is 0 Å². The molecule has 0 spiro atoms. The maximum Gasteiger partial charge on any atom is 0.397 e. The predicted molar refractivity (Wildman–Crippen MR) is 215 cm³/mol. The van der Waals surface area contributed by atoms with Crippen molar-refractivity contribution in [2.24, 2.45) is 0 Å². The number of rotatable bonds is 36. The van der Waals surface area contributed by atoms with E-state index in [0.29, 0.717) is 29.8 Å². The Morgan fingerprint density at radius 3 is 1.04 bits per heavy atom. The van der Waals surface area contributed by atoms with E-state index in [-0.39, 0.29) is 11.8 Å². The molecule has 8 nitrogen and oxygen atoms in total. The largest absolute Gasteiger partial charge is 0.397 e. The van der Waals surface area contributed by atoms with Gasteiger partial charge in [0.15, 0.2) is 0 Å². The molecule has 0 heterocycles. The van der Waals surface area contributed by atoms with Gasteiger partial charge in [-0.2, -0.15) is 8.42 Å². The van der Waals surface area contributed by atoms with Crippen molar-refractivity contribution in [1.82, 2.24) is 0 Å². The van der Waals surface area contributed by atoms with Gasteiger partial charge in [-0.05, 0) is 36.6 Å². The van der Waals surface area contributed by atoms with E-state index in [9.17, 15) is 18.0 Å². The molecular formula is C42H76N2O6S. The summed E-state index contributed by atoms with van der Waals surface area (Å²) in [6.45, 7) is 4.10. The van der Waals surface area contributed by atoms with Crippen LogP contribution in [-0.2, 0) is 30.8 Å². The maximum absolute atomic E-state index is 12.7. The molecule has 0 aliphatic heterocycles. The monoisotopic (exact) mass is 737 g/mol. The molecule has 9 heteroatoms. The zero-order valence-corrected chi connectivity index (χ0v) is 33.6. The fourth-order valence-electron chi connectivity index (χ4n) is 6.65. The van der Waals surface area contributed by atoms with Crippen molar-refractivity contribution >= 4 is 33.6 Å². The van der Waals surface area contributed by atoms with Crippen LogP contribution in [0.25, 0.3) is 0 Å². The molecule has 296 valence electrons. The lowest BCUT2D eigenvalue weighted by Gasteiger charge is -2.12. The third kappa shape index (κ3) is 31.3. The van der Waals surface area contributed by atoms with Crippen LogP contribution >= 0.6 is 0 Å². The Balaban J connectivity index is 2.29. The molecule has 0 aromatic heterocycles. The molecule has 0 fully saturated rings. The van der Waals surface area contributed by atoms with Gasteiger partial charge in [-0.15, -0.1) is 0 Å². The minimum atomic E-state index is -4.63. The summed E-state index contributed by atoms with van der Waals surface area (Å²) >= 11 is 0. The summed E-state index contributed by atoms with van der Waals surface area (Å²) in [7, 11) is -4.63. The molecule has 3 N–H and O–H groups in total. The molecule has 0 saturated carbocycles. The second kappa shape index (κ2) is 32.7. The van der Waals surface area contributed by atoms with Crippen LogP contribution in [0.2, 0.25) is 0 Å². The first-order valence-corrected chi connectivity index (χ1v) is 22.5. The molecule has 1 aromatic carbocycles. The van der Waals surface area contributed by atoms with E-state index in [0.717, 1.165) is 38.5 Å². The minimum absolute atomic E-state index is 0.128. The smallest absolute Gasteiger partial charge is 0.326 e. The average Bonchev–Trinajstić information content (AvgIpc) is 3.08. The van der Waals surface area contributed by atoms with Crippen LogP contribution in [0.15, 0.2) is 18.2 Å². The Morgan fingerprint density at radius 1 is 0.490 bits per heavy atom. The highest BCUT2D eigenvalue weighted by Gasteiger charge is 2.11. The zero-order valence-electron chi connectivity index (χ0n) is 32.8. The molecule has 0 atom stereocenters. The van der Waals surface area contributed by atoms with Gasteiger partial charge in [0.2, 0.25) is 11.8 Å². The maximum atomic E-state index is 12.7. The molecule has 0 aliphatic rings. The number of unbranched alkanes of at least 4 members (excludes halogenated alkanes) is 27. The predicted octanol–water partition coefficient (Wildman–Crippen LogP) is 13.0. The number of anilines is 2. The normalized spacial score (nSPS) is 11.6. The summed E-state index contributed by atoms with van der Waals surface area (Å²) in [5, 5.41) is 5.76. The van der Waals surface area contributed by atoms with Crippen molar-refractivity contribution in [3.05, 3.63) is 23.8 Å². The Morgan fingerprint density at radius 2 is 0.765 bits per heavy atom. The number of benzene rings is 1. The van der Waals surface area contributed by atoms with Crippen molar-refractivity contribution < 1.29 is 26.7 Å². The van der Waals surface area contributed by atoms with Crippen molar-refractivity contribution in [2.45, 2.75) is 219 Å². The molecular weight excluding hydrogens is 661 g/mol. The molecule has 0 aliphatic carbocycles. The van der Waals surface area contributed by atoms with Gasteiger partial charge in [-0.1, -0.05) is 187 Å². The van der Waals surface area contributed by atoms with Gasteiger partial charge in [-0.25, -0.2) is 4.18 Å². The van der Waals surface area contributed by atoms with E-state index in [1.165, 1.54) is 148 Å². The second-order valence-corrected chi connectivity index (χ2v) is 15.8.